The summed E-state index contributed by atoms with van der Waals surface area (Å²) in [4.78, 5) is 11.1. The second kappa shape index (κ2) is 5.21. The second-order valence-corrected chi connectivity index (χ2v) is 2.99. The molecule has 0 saturated carbocycles. The lowest BCUT2D eigenvalue weighted by molar-refractivity contribution is -0.142. The Balaban J connectivity index is 2.99. The number of carbonyl (C=O) groups excluding carboxylic acids is 1. The van der Waals surface area contributed by atoms with Gasteiger partial charge in [-0.2, -0.15) is 5.26 Å². The van der Waals surface area contributed by atoms with Gasteiger partial charge in [-0.3, -0.25) is 4.79 Å². The van der Waals surface area contributed by atoms with Crippen LogP contribution in [0.4, 0.5) is 8.78 Å². The monoisotopic (exact) mass is 225 g/mol. The molecule has 5 heteroatoms. The Morgan fingerprint density at radius 2 is 2.19 bits per heavy atom. The molecule has 0 atom stereocenters. The van der Waals surface area contributed by atoms with Crippen molar-refractivity contribution in [2.45, 2.75) is 13.3 Å². The number of carbonyl (C=O) groups is 1. The molecule has 3 nitrogen and oxygen atoms in total. The van der Waals surface area contributed by atoms with Gasteiger partial charge in [-0.25, -0.2) is 8.78 Å². The lowest BCUT2D eigenvalue weighted by Crippen LogP contribution is -2.10. The molecule has 0 spiro atoms. The molecule has 0 bridgehead atoms. The zero-order valence-corrected chi connectivity index (χ0v) is 8.59. The minimum absolute atomic E-state index is 0.0450. The van der Waals surface area contributed by atoms with E-state index in [4.69, 9.17) is 5.26 Å². The average molecular weight is 225 g/mol. The smallest absolute Gasteiger partial charge is 0.310 e. The first-order valence-electron chi connectivity index (χ1n) is 4.62. The number of hydrogen-bond acceptors (Lipinski definition) is 3. The molecule has 0 aliphatic carbocycles. The van der Waals surface area contributed by atoms with Crippen LogP contribution < -0.4 is 0 Å². The van der Waals surface area contributed by atoms with E-state index in [1.807, 2.05) is 0 Å². The maximum Gasteiger partial charge on any atom is 0.310 e. The molecule has 0 saturated heterocycles. The van der Waals surface area contributed by atoms with Crippen LogP contribution in [0.3, 0.4) is 0 Å². The summed E-state index contributed by atoms with van der Waals surface area (Å²) in [5, 5.41) is 8.52. The third-order valence-electron chi connectivity index (χ3n) is 1.92. The molecule has 0 fully saturated rings. The van der Waals surface area contributed by atoms with Crippen molar-refractivity contribution in [2.75, 3.05) is 6.61 Å². The van der Waals surface area contributed by atoms with Crippen molar-refractivity contribution >= 4 is 5.97 Å². The zero-order chi connectivity index (χ0) is 12.1. The average Bonchev–Trinajstić information content (AvgIpc) is 2.23. The van der Waals surface area contributed by atoms with Crippen molar-refractivity contribution in [3.63, 3.8) is 0 Å². The van der Waals surface area contributed by atoms with Crippen molar-refractivity contribution in [3.05, 3.63) is 34.9 Å². The molecule has 1 aromatic carbocycles. The Hall–Kier alpha value is -1.96. The molecule has 0 aliphatic heterocycles. The third kappa shape index (κ3) is 2.54. The van der Waals surface area contributed by atoms with Crippen LogP contribution in [-0.2, 0) is 16.0 Å². The van der Waals surface area contributed by atoms with Gasteiger partial charge in [-0.15, -0.1) is 0 Å². The number of esters is 1. The first-order valence-corrected chi connectivity index (χ1v) is 4.62. The van der Waals surface area contributed by atoms with Crippen LogP contribution in [0.1, 0.15) is 18.1 Å². The van der Waals surface area contributed by atoms with Crippen LogP contribution in [0.5, 0.6) is 0 Å². The topological polar surface area (TPSA) is 50.1 Å². The van der Waals surface area contributed by atoms with E-state index >= 15 is 0 Å². The largest absolute Gasteiger partial charge is 0.466 e. The van der Waals surface area contributed by atoms with E-state index < -0.39 is 23.2 Å². The molecule has 0 N–H and O–H groups in total. The van der Waals surface area contributed by atoms with Crippen molar-refractivity contribution in [1.82, 2.24) is 0 Å². The van der Waals surface area contributed by atoms with Gasteiger partial charge in [0.05, 0.1) is 13.0 Å². The van der Waals surface area contributed by atoms with Gasteiger partial charge < -0.3 is 4.74 Å². The first kappa shape index (κ1) is 12.1. The maximum absolute atomic E-state index is 13.5. The Labute approximate surface area is 91.3 Å². The van der Waals surface area contributed by atoms with Gasteiger partial charge in [0.1, 0.15) is 23.3 Å². The molecule has 0 amide bonds. The van der Waals surface area contributed by atoms with Crippen molar-refractivity contribution < 1.29 is 18.3 Å². The molecule has 1 aromatic rings. The van der Waals surface area contributed by atoms with Gasteiger partial charge in [-0.05, 0) is 13.0 Å². The summed E-state index contributed by atoms with van der Waals surface area (Å²) in [6.07, 6.45) is -0.311. The van der Waals surface area contributed by atoms with E-state index in [-0.39, 0.29) is 18.6 Å². The molecule has 84 valence electrons. The molecule has 0 unspecified atom stereocenters. The summed E-state index contributed by atoms with van der Waals surface area (Å²) < 4.78 is 31.0. The summed E-state index contributed by atoms with van der Waals surface area (Å²) in [5.74, 6) is -2.56. The van der Waals surface area contributed by atoms with Crippen molar-refractivity contribution in [1.29, 1.82) is 5.26 Å². The van der Waals surface area contributed by atoms with Crippen molar-refractivity contribution in [3.8, 4) is 6.07 Å². The summed E-state index contributed by atoms with van der Waals surface area (Å²) in [6, 6.07) is 3.49. The predicted molar refractivity (Wildman–Crippen MR) is 51.4 cm³/mol. The van der Waals surface area contributed by atoms with Crippen LogP contribution in [0.2, 0.25) is 0 Å². The minimum atomic E-state index is -1.00. The Morgan fingerprint density at radius 3 is 2.75 bits per heavy atom. The molecule has 0 radical (unpaired) electrons. The highest BCUT2D eigenvalue weighted by atomic mass is 19.1. The van der Waals surface area contributed by atoms with Gasteiger partial charge in [-0.1, -0.05) is 6.07 Å². The molecule has 0 heterocycles. The van der Waals surface area contributed by atoms with Gasteiger partial charge in [0, 0.05) is 5.56 Å². The van der Waals surface area contributed by atoms with Crippen LogP contribution in [0, 0.1) is 23.0 Å². The van der Waals surface area contributed by atoms with Crippen LogP contribution in [0.25, 0.3) is 0 Å². The van der Waals surface area contributed by atoms with Crippen LogP contribution in [0.15, 0.2) is 12.1 Å². The standard InChI is InChI=1S/C11H9F2NO2/c1-2-16-10(15)5-7-3-4-9(12)8(6-14)11(7)13/h3-4H,2,5H2,1H3. The maximum atomic E-state index is 13.5. The fourth-order valence-corrected chi connectivity index (χ4v) is 1.20. The predicted octanol–water partition coefficient (Wildman–Crippen LogP) is 1.94. The van der Waals surface area contributed by atoms with Crippen LogP contribution in [-0.4, -0.2) is 12.6 Å². The number of benzene rings is 1. The summed E-state index contributed by atoms with van der Waals surface area (Å²) in [7, 11) is 0. The molecule has 0 aromatic heterocycles. The number of rotatable bonds is 3. The summed E-state index contributed by atoms with van der Waals surface area (Å²) in [5.41, 5.74) is -0.724. The van der Waals surface area contributed by atoms with Gasteiger partial charge in [0.25, 0.3) is 0 Å². The van der Waals surface area contributed by atoms with E-state index in [9.17, 15) is 13.6 Å². The Bertz CT molecular complexity index is 452. The number of hydrogen-bond donors (Lipinski definition) is 0. The van der Waals surface area contributed by atoms with Crippen LogP contribution >= 0.6 is 0 Å². The van der Waals surface area contributed by atoms with Gasteiger partial charge in [0.15, 0.2) is 0 Å². The number of ether oxygens (including phenoxy) is 1. The molecule has 1 rings (SSSR count). The summed E-state index contributed by atoms with van der Waals surface area (Å²) >= 11 is 0. The SMILES string of the molecule is CCOC(=O)Cc1ccc(F)c(C#N)c1F. The van der Waals surface area contributed by atoms with E-state index in [0.717, 1.165) is 12.1 Å². The third-order valence-corrected chi connectivity index (χ3v) is 1.92. The fraction of sp³-hybridized carbons (Fsp3) is 0.273. The molecule has 16 heavy (non-hydrogen) atoms. The van der Waals surface area contributed by atoms with E-state index in [1.165, 1.54) is 6.07 Å². The number of nitrogens with zero attached hydrogens (tertiary/aromatic N) is 1. The van der Waals surface area contributed by atoms with Gasteiger partial charge >= 0.3 is 5.97 Å². The quantitative estimate of drug-likeness (QED) is 0.738. The first-order chi connectivity index (χ1) is 7.60. The van der Waals surface area contributed by atoms with Gasteiger partial charge in [0.2, 0.25) is 0 Å². The molecular formula is C11H9F2NO2. The molecular weight excluding hydrogens is 216 g/mol. The highest BCUT2D eigenvalue weighted by molar-refractivity contribution is 5.72. The Morgan fingerprint density at radius 1 is 1.50 bits per heavy atom. The highest BCUT2D eigenvalue weighted by Gasteiger charge is 2.15. The van der Waals surface area contributed by atoms with E-state index in [0.29, 0.717) is 0 Å². The normalized spacial score (nSPS) is 9.62. The minimum Gasteiger partial charge on any atom is -0.466 e. The number of nitriles is 1. The van der Waals surface area contributed by atoms with Crippen molar-refractivity contribution in [2.24, 2.45) is 0 Å². The lowest BCUT2D eigenvalue weighted by Gasteiger charge is -2.04. The second-order valence-electron chi connectivity index (χ2n) is 2.99. The summed E-state index contributed by atoms with van der Waals surface area (Å²) in [6.45, 7) is 1.81. The van der Waals surface area contributed by atoms with E-state index in [1.54, 1.807) is 6.92 Å². The highest BCUT2D eigenvalue weighted by Crippen LogP contribution is 2.16. The van der Waals surface area contributed by atoms with E-state index in [2.05, 4.69) is 4.74 Å². The Kier molecular flexibility index (Phi) is 3.95. The lowest BCUT2D eigenvalue weighted by atomic mass is 10.1. The fourth-order valence-electron chi connectivity index (χ4n) is 1.20. The number of halogens is 2. The molecule has 0 aliphatic rings. The zero-order valence-electron chi connectivity index (χ0n) is 8.59.